The van der Waals surface area contributed by atoms with Crippen molar-refractivity contribution in [2.75, 3.05) is 11.2 Å². The molecule has 1 aromatic heterocycles. The van der Waals surface area contributed by atoms with E-state index in [0.29, 0.717) is 5.88 Å². The normalized spacial score (nSPS) is 11.5. The Balaban J connectivity index is 2.87. The second kappa shape index (κ2) is 4.49. The first-order valence-electron chi connectivity index (χ1n) is 4.41. The van der Waals surface area contributed by atoms with E-state index in [4.69, 9.17) is 11.6 Å². The van der Waals surface area contributed by atoms with Crippen molar-refractivity contribution >= 4 is 33.3 Å². The van der Waals surface area contributed by atoms with Gasteiger partial charge in [0.05, 0.1) is 0 Å². The minimum absolute atomic E-state index is 0.132. The van der Waals surface area contributed by atoms with Gasteiger partial charge in [0.25, 0.3) is 0 Å². The van der Waals surface area contributed by atoms with Gasteiger partial charge in [0, 0.05) is 22.1 Å². The van der Waals surface area contributed by atoms with Crippen LogP contribution in [0.15, 0.2) is 16.7 Å². The minimum atomic E-state index is -0.132. The Morgan fingerprint density at radius 3 is 2.71 bits per heavy atom. The fraction of sp³-hybridized carbons (Fsp3) is 0.500. The van der Waals surface area contributed by atoms with Crippen LogP contribution in [0.2, 0.25) is 0 Å². The van der Waals surface area contributed by atoms with E-state index in [0.717, 1.165) is 15.9 Å². The van der Waals surface area contributed by atoms with E-state index in [1.165, 1.54) is 0 Å². The van der Waals surface area contributed by atoms with Crippen LogP contribution in [0.3, 0.4) is 0 Å². The standard InChI is InChI=1S/C10H14BrClN2/c1-7-4-8(11)5-13-9(7)14-10(2,3)6-12/h4-5H,6H2,1-3H3,(H,13,14). The monoisotopic (exact) mass is 276 g/mol. The number of pyridine rings is 1. The molecule has 78 valence electrons. The van der Waals surface area contributed by atoms with Gasteiger partial charge in [0.2, 0.25) is 0 Å². The molecule has 0 amide bonds. The lowest BCUT2D eigenvalue weighted by Gasteiger charge is -2.24. The molecule has 1 heterocycles. The van der Waals surface area contributed by atoms with Gasteiger partial charge in [-0.25, -0.2) is 4.98 Å². The molecule has 0 aromatic carbocycles. The van der Waals surface area contributed by atoms with Crippen molar-refractivity contribution in [1.29, 1.82) is 0 Å². The molecule has 0 aliphatic heterocycles. The Morgan fingerprint density at radius 1 is 1.57 bits per heavy atom. The first-order valence-corrected chi connectivity index (χ1v) is 5.74. The molecule has 14 heavy (non-hydrogen) atoms. The summed E-state index contributed by atoms with van der Waals surface area (Å²) >= 11 is 9.20. The van der Waals surface area contributed by atoms with E-state index in [-0.39, 0.29) is 5.54 Å². The fourth-order valence-corrected chi connectivity index (χ4v) is 1.54. The van der Waals surface area contributed by atoms with Gasteiger partial charge in [-0.1, -0.05) is 0 Å². The highest BCUT2D eigenvalue weighted by atomic mass is 79.9. The zero-order valence-corrected chi connectivity index (χ0v) is 10.9. The summed E-state index contributed by atoms with van der Waals surface area (Å²) in [5.74, 6) is 1.43. The van der Waals surface area contributed by atoms with E-state index >= 15 is 0 Å². The van der Waals surface area contributed by atoms with Crippen LogP contribution in [0.5, 0.6) is 0 Å². The third-order valence-electron chi connectivity index (χ3n) is 1.84. The fourth-order valence-electron chi connectivity index (χ4n) is 1.03. The molecule has 0 radical (unpaired) electrons. The van der Waals surface area contributed by atoms with E-state index < -0.39 is 0 Å². The van der Waals surface area contributed by atoms with Crippen LogP contribution >= 0.6 is 27.5 Å². The summed E-state index contributed by atoms with van der Waals surface area (Å²) in [5.41, 5.74) is 0.977. The number of hydrogen-bond donors (Lipinski definition) is 1. The van der Waals surface area contributed by atoms with Crippen molar-refractivity contribution in [3.63, 3.8) is 0 Å². The smallest absolute Gasteiger partial charge is 0.129 e. The van der Waals surface area contributed by atoms with Crippen molar-refractivity contribution in [2.24, 2.45) is 0 Å². The SMILES string of the molecule is Cc1cc(Br)cnc1NC(C)(C)CCl. The van der Waals surface area contributed by atoms with Crippen LogP contribution in [0.1, 0.15) is 19.4 Å². The third-order valence-corrected chi connectivity index (χ3v) is 2.94. The van der Waals surface area contributed by atoms with E-state index in [1.807, 2.05) is 26.8 Å². The quantitative estimate of drug-likeness (QED) is 0.854. The van der Waals surface area contributed by atoms with Crippen LogP contribution in [0.4, 0.5) is 5.82 Å². The van der Waals surface area contributed by atoms with Crippen LogP contribution in [-0.4, -0.2) is 16.4 Å². The summed E-state index contributed by atoms with van der Waals surface area (Å²) in [6.45, 7) is 6.11. The highest BCUT2D eigenvalue weighted by Crippen LogP contribution is 2.20. The molecule has 4 heteroatoms. The molecule has 2 nitrogen and oxygen atoms in total. The molecular formula is C10H14BrClN2. The number of halogens is 2. The molecule has 1 N–H and O–H groups in total. The molecule has 1 rings (SSSR count). The lowest BCUT2D eigenvalue weighted by molar-refractivity contribution is 0.637. The maximum atomic E-state index is 5.83. The van der Waals surface area contributed by atoms with Crippen LogP contribution < -0.4 is 5.32 Å². The maximum Gasteiger partial charge on any atom is 0.129 e. The topological polar surface area (TPSA) is 24.9 Å². The number of nitrogens with one attached hydrogen (secondary N) is 1. The Bertz CT molecular complexity index is 326. The molecule has 0 aliphatic rings. The maximum absolute atomic E-state index is 5.83. The largest absolute Gasteiger partial charge is 0.364 e. The summed E-state index contributed by atoms with van der Waals surface area (Å²) in [6.07, 6.45) is 1.78. The van der Waals surface area contributed by atoms with Crippen LogP contribution in [0, 0.1) is 6.92 Å². The van der Waals surface area contributed by atoms with E-state index in [1.54, 1.807) is 6.20 Å². The Labute approximate surface area is 98.2 Å². The number of aromatic nitrogens is 1. The molecule has 0 saturated heterocycles. The van der Waals surface area contributed by atoms with Gasteiger partial charge in [-0.3, -0.25) is 0 Å². The van der Waals surface area contributed by atoms with Crippen molar-refractivity contribution < 1.29 is 0 Å². The van der Waals surface area contributed by atoms with Crippen LogP contribution in [0.25, 0.3) is 0 Å². The number of hydrogen-bond acceptors (Lipinski definition) is 2. The molecule has 0 fully saturated rings. The summed E-state index contributed by atoms with van der Waals surface area (Å²) in [7, 11) is 0. The van der Waals surface area contributed by atoms with Gasteiger partial charge in [-0.05, 0) is 48.3 Å². The summed E-state index contributed by atoms with van der Waals surface area (Å²) in [6, 6.07) is 2.03. The summed E-state index contributed by atoms with van der Waals surface area (Å²) in [5, 5.41) is 3.30. The van der Waals surface area contributed by atoms with E-state index in [2.05, 4.69) is 26.2 Å². The van der Waals surface area contributed by atoms with Crippen molar-refractivity contribution in [3.8, 4) is 0 Å². The first kappa shape index (κ1) is 11.8. The van der Waals surface area contributed by atoms with E-state index in [9.17, 15) is 0 Å². The van der Waals surface area contributed by atoms with Crippen LogP contribution in [-0.2, 0) is 0 Å². The first-order chi connectivity index (χ1) is 6.44. The number of rotatable bonds is 3. The van der Waals surface area contributed by atoms with Crippen molar-refractivity contribution in [2.45, 2.75) is 26.3 Å². The molecule has 0 unspecified atom stereocenters. The Kier molecular flexibility index (Phi) is 3.78. The Hall–Kier alpha value is -0.280. The predicted molar refractivity (Wildman–Crippen MR) is 65.1 cm³/mol. The van der Waals surface area contributed by atoms with Gasteiger partial charge in [-0.2, -0.15) is 0 Å². The lowest BCUT2D eigenvalue weighted by Crippen LogP contribution is -2.33. The predicted octanol–water partition coefficient (Wildman–Crippen LogP) is 3.58. The van der Waals surface area contributed by atoms with Gasteiger partial charge < -0.3 is 5.32 Å². The third kappa shape index (κ3) is 3.14. The zero-order chi connectivity index (χ0) is 10.8. The number of aryl methyl sites for hydroxylation is 1. The highest BCUT2D eigenvalue weighted by Gasteiger charge is 2.17. The Morgan fingerprint density at radius 2 is 2.21 bits per heavy atom. The molecule has 0 aliphatic carbocycles. The van der Waals surface area contributed by atoms with Gasteiger partial charge in [0.15, 0.2) is 0 Å². The molecule has 0 saturated carbocycles. The molecule has 0 atom stereocenters. The van der Waals surface area contributed by atoms with Crippen molar-refractivity contribution in [3.05, 3.63) is 22.3 Å². The molecule has 0 bridgehead atoms. The molecule has 1 aromatic rings. The average Bonchev–Trinajstić information content (AvgIpc) is 2.10. The number of anilines is 1. The van der Waals surface area contributed by atoms with Crippen molar-refractivity contribution in [1.82, 2.24) is 4.98 Å². The number of alkyl halides is 1. The average molecular weight is 278 g/mol. The lowest BCUT2D eigenvalue weighted by atomic mass is 10.1. The second-order valence-electron chi connectivity index (χ2n) is 3.96. The number of nitrogens with zero attached hydrogens (tertiary/aromatic N) is 1. The highest BCUT2D eigenvalue weighted by molar-refractivity contribution is 9.10. The van der Waals surface area contributed by atoms with Gasteiger partial charge >= 0.3 is 0 Å². The summed E-state index contributed by atoms with van der Waals surface area (Å²) < 4.78 is 0.990. The summed E-state index contributed by atoms with van der Waals surface area (Å²) in [4.78, 5) is 4.29. The zero-order valence-electron chi connectivity index (χ0n) is 8.56. The second-order valence-corrected chi connectivity index (χ2v) is 5.14. The van der Waals surface area contributed by atoms with Gasteiger partial charge in [0.1, 0.15) is 5.82 Å². The minimum Gasteiger partial charge on any atom is -0.364 e. The molecular weight excluding hydrogens is 263 g/mol. The van der Waals surface area contributed by atoms with Gasteiger partial charge in [-0.15, -0.1) is 11.6 Å². The molecule has 0 spiro atoms.